The average molecular weight is 414 g/mol. The second-order valence-electron chi connectivity index (χ2n) is 5.30. The third kappa shape index (κ3) is 2.39. The molecule has 112 valence electrons. The topological polar surface area (TPSA) is 50.4 Å². The van der Waals surface area contributed by atoms with Crippen LogP contribution in [0.4, 0.5) is 0 Å². The first-order chi connectivity index (χ1) is 11.1. The Kier molecular flexibility index (Phi) is 3.34. The maximum atomic E-state index is 11.7. The summed E-state index contributed by atoms with van der Waals surface area (Å²) in [6.45, 7) is 0. The number of hydrogen-bond donors (Lipinski definition) is 1. The smallest absolute Gasteiger partial charge is 0.182 e. The van der Waals surface area contributed by atoms with Gasteiger partial charge < -0.3 is 9.52 Å². The van der Waals surface area contributed by atoms with Crippen molar-refractivity contribution in [1.29, 1.82) is 0 Å². The van der Waals surface area contributed by atoms with Crippen LogP contribution < -0.4 is 5.43 Å². The van der Waals surface area contributed by atoms with Crippen LogP contribution in [0.3, 0.4) is 0 Å². The normalized spacial score (nSPS) is 11.2. The van der Waals surface area contributed by atoms with Crippen molar-refractivity contribution in [2.45, 2.75) is 0 Å². The number of hydrogen-bond acceptors (Lipinski definition) is 3. The lowest BCUT2D eigenvalue weighted by Crippen LogP contribution is -2.00. The minimum absolute atomic E-state index is 0.102. The van der Waals surface area contributed by atoms with E-state index in [4.69, 9.17) is 4.42 Å². The molecule has 0 bridgehead atoms. The summed E-state index contributed by atoms with van der Waals surface area (Å²) in [5.74, 6) is 0.651. The Morgan fingerprint density at radius 2 is 1.74 bits per heavy atom. The van der Waals surface area contributed by atoms with Gasteiger partial charge in [0.15, 0.2) is 5.43 Å². The van der Waals surface area contributed by atoms with E-state index in [1.807, 2.05) is 30.3 Å². The van der Waals surface area contributed by atoms with Gasteiger partial charge in [0.2, 0.25) is 0 Å². The number of halogens is 1. The number of phenolic OH excluding ortho intramolecular Hbond substituents is 1. The van der Waals surface area contributed by atoms with Crippen LogP contribution in [0.15, 0.2) is 69.9 Å². The second kappa shape index (κ2) is 5.38. The van der Waals surface area contributed by atoms with Gasteiger partial charge in [-0.1, -0.05) is 18.2 Å². The van der Waals surface area contributed by atoms with E-state index in [1.165, 1.54) is 6.07 Å². The fraction of sp³-hybridized carbons (Fsp3) is 0. The van der Waals surface area contributed by atoms with Crippen molar-refractivity contribution in [2.75, 3.05) is 0 Å². The van der Waals surface area contributed by atoms with Gasteiger partial charge in [-0.05, 0) is 58.5 Å². The maximum Gasteiger partial charge on any atom is 0.182 e. The van der Waals surface area contributed by atoms with Gasteiger partial charge in [-0.3, -0.25) is 4.79 Å². The fourth-order valence-electron chi connectivity index (χ4n) is 2.81. The molecule has 0 fully saturated rings. The van der Waals surface area contributed by atoms with Gasteiger partial charge in [-0.2, -0.15) is 0 Å². The molecule has 4 heteroatoms. The maximum absolute atomic E-state index is 11.7. The SMILES string of the molecule is O=c1ccc2c(-c3ccccc3I)c3ccc(O)cc3oc-2c1. The lowest BCUT2D eigenvalue weighted by molar-refractivity contribution is 0.474. The molecule has 0 amide bonds. The molecule has 2 aromatic carbocycles. The molecule has 2 aliphatic rings. The lowest BCUT2D eigenvalue weighted by Gasteiger charge is -2.16. The molecule has 0 spiro atoms. The Morgan fingerprint density at radius 1 is 0.913 bits per heavy atom. The highest BCUT2D eigenvalue weighted by atomic mass is 127. The highest BCUT2D eigenvalue weighted by molar-refractivity contribution is 14.1. The monoisotopic (exact) mass is 414 g/mol. The molecule has 4 rings (SSSR count). The van der Waals surface area contributed by atoms with E-state index in [2.05, 4.69) is 22.6 Å². The van der Waals surface area contributed by atoms with Crippen molar-refractivity contribution in [1.82, 2.24) is 0 Å². The molecule has 1 heterocycles. The molecule has 0 saturated heterocycles. The van der Waals surface area contributed by atoms with Crippen molar-refractivity contribution in [3.8, 4) is 28.2 Å². The highest BCUT2D eigenvalue weighted by Crippen LogP contribution is 2.41. The van der Waals surface area contributed by atoms with Crippen molar-refractivity contribution in [3.63, 3.8) is 0 Å². The Bertz CT molecular complexity index is 1070. The van der Waals surface area contributed by atoms with Crippen LogP contribution >= 0.6 is 22.6 Å². The van der Waals surface area contributed by atoms with E-state index in [-0.39, 0.29) is 11.2 Å². The molecule has 23 heavy (non-hydrogen) atoms. The first-order valence-electron chi connectivity index (χ1n) is 7.08. The molecule has 0 atom stereocenters. The third-order valence-corrected chi connectivity index (χ3v) is 4.76. The van der Waals surface area contributed by atoms with Crippen LogP contribution in [-0.4, -0.2) is 5.11 Å². The summed E-state index contributed by atoms with van der Waals surface area (Å²) in [6.07, 6.45) is 0. The van der Waals surface area contributed by atoms with E-state index in [9.17, 15) is 9.90 Å². The minimum atomic E-state index is -0.102. The zero-order valence-corrected chi connectivity index (χ0v) is 14.1. The number of fused-ring (bicyclic) bond motifs is 2. The number of benzene rings is 3. The summed E-state index contributed by atoms with van der Waals surface area (Å²) in [7, 11) is 0. The number of phenols is 1. The van der Waals surface area contributed by atoms with E-state index in [0.29, 0.717) is 11.3 Å². The van der Waals surface area contributed by atoms with Crippen LogP contribution in [0.1, 0.15) is 0 Å². The predicted octanol–water partition coefficient (Wildman–Crippen LogP) is 4.88. The van der Waals surface area contributed by atoms with Gasteiger partial charge in [0.25, 0.3) is 0 Å². The summed E-state index contributed by atoms with van der Waals surface area (Å²) in [5.41, 5.74) is 3.41. The molecule has 2 aromatic rings. The number of aromatic hydroxyl groups is 1. The summed E-state index contributed by atoms with van der Waals surface area (Å²) >= 11 is 2.30. The summed E-state index contributed by atoms with van der Waals surface area (Å²) in [5, 5.41) is 10.7. The van der Waals surface area contributed by atoms with Gasteiger partial charge in [0.1, 0.15) is 17.1 Å². The molecule has 3 nitrogen and oxygen atoms in total. The molecule has 1 aliphatic carbocycles. The summed E-state index contributed by atoms with van der Waals surface area (Å²) in [6, 6.07) is 18.0. The van der Waals surface area contributed by atoms with Crippen LogP contribution in [0.25, 0.3) is 33.4 Å². The minimum Gasteiger partial charge on any atom is -0.508 e. The lowest BCUT2D eigenvalue weighted by atomic mass is 9.94. The molecular formula is C19H11IO3. The van der Waals surface area contributed by atoms with E-state index >= 15 is 0 Å². The molecule has 1 N–H and O–H groups in total. The molecule has 0 aromatic heterocycles. The standard InChI is InChI=1S/C19H11IO3/c20-16-4-2-1-3-13(16)19-14-7-5-11(21)9-17(14)23-18-10-12(22)6-8-15(18)19/h1-10,21H. The van der Waals surface area contributed by atoms with Crippen LogP contribution in [-0.2, 0) is 0 Å². The van der Waals surface area contributed by atoms with Gasteiger partial charge in [0.05, 0.1) is 0 Å². The second-order valence-corrected chi connectivity index (χ2v) is 6.46. The van der Waals surface area contributed by atoms with Gasteiger partial charge >= 0.3 is 0 Å². The summed E-state index contributed by atoms with van der Waals surface area (Å²) < 4.78 is 6.96. The fourth-order valence-corrected chi connectivity index (χ4v) is 3.47. The van der Waals surface area contributed by atoms with Crippen LogP contribution in [0.5, 0.6) is 5.75 Å². The van der Waals surface area contributed by atoms with Gasteiger partial charge in [-0.25, -0.2) is 0 Å². The zero-order chi connectivity index (χ0) is 16.0. The predicted molar refractivity (Wildman–Crippen MR) is 98.9 cm³/mol. The van der Waals surface area contributed by atoms with Crippen LogP contribution in [0.2, 0.25) is 0 Å². The Labute approximate surface area is 145 Å². The first kappa shape index (κ1) is 14.3. The van der Waals surface area contributed by atoms with E-state index in [0.717, 1.165) is 25.6 Å². The molecule has 0 saturated carbocycles. The van der Waals surface area contributed by atoms with Crippen LogP contribution in [0, 0.1) is 3.57 Å². The van der Waals surface area contributed by atoms with Crippen molar-refractivity contribution in [2.24, 2.45) is 0 Å². The quantitative estimate of drug-likeness (QED) is 0.357. The largest absolute Gasteiger partial charge is 0.508 e. The average Bonchev–Trinajstić information content (AvgIpc) is 2.53. The van der Waals surface area contributed by atoms with E-state index in [1.54, 1.807) is 24.3 Å². The Balaban J connectivity index is 2.23. The molecular weight excluding hydrogens is 403 g/mol. The molecule has 1 aliphatic heterocycles. The Morgan fingerprint density at radius 3 is 2.57 bits per heavy atom. The van der Waals surface area contributed by atoms with Gasteiger partial charge in [-0.15, -0.1) is 0 Å². The third-order valence-electron chi connectivity index (χ3n) is 3.82. The van der Waals surface area contributed by atoms with E-state index < -0.39 is 0 Å². The molecule has 0 radical (unpaired) electrons. The molecule has 0 unspecified atom stereocenters. The van der Waals surface area contributed by atoms with Gasteiger partial charge in [0, 0.05) is 32.2 Å². The van der Waals surface area contributed by atoms with Crippen molar-refractivity contribution >= 4 is 33.6 Å². The van der Waals surface area contributed by atoms with Crippen molar-refractivity contribution in [3.05, 3.63) is 74.5 Å². The highest BCUT2D eigenvalue weighted by Gasteiger charge is 2.18. The summed E-state index contributed by atoms with van der Waals surface area (Å²) in [4.78, 5) is 11.7. The first-order valence-corrected chi connectivity index (χ1v) is 8.16. The van der Waals surface area contributed by atoms with Crippen molar-refractivity contribution < 1.29 is 9.52 Å². The number of rotatable bonds is 1. The Hall–Kier alpha value is -2.34. The zero-order valence-electron chi connectivity index (χ0n) is 11.9.